The lowest BCUT2D eigenvalue weighted by Crippen LogP contribution is -2.37. The van der Waals surface area contributed by atoms with Gasteiger partial charge in [-0.05, 0) is 38.0 Å². The molecule has 0 unspecified atom stereocenters. The zero-order valence-electron chi connectivity index (χ0n) is 16.9. The number of pyridine rings is 2. The third-order valence-electron chi connectivity index (χ3n) is 5.33. The van der Waals surface area contributed by atoms with Gasteiger partial charge in [0.1, 0.15) is 5.69 Å². The number of alkyl halides is 3. The molecular weight excluding hydrogens is 413 g/mol. The fourth-order valence-electron chi connectivity index (χ4n) is 3.44. The Hall–Kier alpha value is -2.88. The van der Waals surface area contributed by atoms with Crippen molar-refractivity contribution in [3.63, 3.8) is 0 Å². The van der Waals surface area contributed by atoms with E-state index in [0.717, 1.165) is 30.1 Å². The molecule has 0 aromatic carbocycles. The van der Waals surface area contributed by atoms with Crippen molar-refractivity contribution in [2.75, 3.05) is 29.6 Å². The molecule has 1 aliphatic rings. The molecule has 1 aliphatic heterocycles. The average Bonchev–Trinajstić information content (AvgIpc) is 3.23. The molecule has 3 aromatic rings. The van der Waals surface area contributed by atoms with E-state index in [-0.39, 0.29) is 17.0 Å². The molecule has 158 valence electrons. The normalized spacial score (nSPS) is 15.2. The number of aromatic nitrogens is 3. The van der Waals surface area contributed by atoms with E-state index in [1.165, 1.54) is 16.9 Å². The topological polar surface area (TPSA) is 66.0 Å². The molecule has 0 spiro atoms. The van der Waals surface area contributed by atoms with Crippen molar-refractivity contribution < 1.29 is 13.2 Å². The maximum absolute atomic E-state index is 12.9. The molecular formula is C20H21F3N6S. The predicted octanol–water partition coefficient (Wildman–Crippen LogP) is 5.18. The van der Waals surface area contributed by atoms with Crippen LogP contribution >= 0.6 is 11.3 Å². The molecule has 0 saturated carbocycles. The van der Waals surface area contributed by atoms with E-state index in [1.54, 1.807) is 7.05 Å². The first-order valence-corrected chi connectivity index (χ1v) is 10.2. The molecule has 4 rings (SSSR count). The zero-order valence-corrected chi connectivity index (χ0v) is 17.7. The van der Waals surface area contributed by atoms with E-state index in [2.05, 4.69) is 57.4 Å². The maximum atomic E-state index is 12.9. The molecule has 0 bridgehead atoms. The maximum Gasteiger partial charge on any atom is 0.417 e. The molecule has 4 heterocycles. The summed E-state index contributed by atoms with van der Waals surface area (Å²) in [6.07, 6.45) is -0.863. The van der Waals surface area contributed by atoms with Gasteiger partial charge in [0.05, 0.1) is 28.8 Å². The second-order valence-corrected chi connectivity index (χ2v) is 8.64. The van der Waals surface area contributed by atoms with Crippen molar-refractivity contribution in [3.8, 4) is 11.4 Å². The summed E-state index contributed by atoms with van der Waals surface area (Å²) in [6, 6.07) is 3.07. The van der Waals surface area contributed by atoms with Crippen LogP contribution in [0.5, 0.6) is 0 Å². The minimum Gasteiger partial charge on any atom is -0.385 e. The van der Waals surface area contributed by atoms with Gasteiger partial charge in [0.25, 0.3) is 0 Å². The zero-order chi connectivity index (χ0) is 21.7. The summed E-state index contributed by atoms with van der Waals surface area (Å²) in [7, 11) is 3.61. The van der Waals surface area contributed by atoms with Gasteiger partial charge in [-0.3, -0.25) is 4.98 Å². The molecule has 0 saturated heterocycles. The number of hydrogen-bond acceptors (Lipinski definition) is 7. The Morgan fingerprint density at radius 2 is 1.90 bits per heavy atom. The van der Waals surface area contributed by atoms with Gasteiger partial charge in [-0.15, -0.1) is 11.3 Å². The van der Waals surface area contributed by atoms with Crippen molar-refractivity contribution in [1.82, 2.24) is 15.0 Å². The number of hydrogen-bond donors (Lipinski definition) is 2. The second-order valence-electron chi connectivity index (χ2n) is 7.78. The van der Waals surface area contributed by atoms with E-state index >= 15 is 0 Å². The Morgan fingerprint density at radius 3 is 2.60 bits per heavy atom. The first-order chi connectivity index (χ1) is 14.1. The van der Waals surface area contributed by atoms with Crippen LogP contribution in [0.15, 0.2) is 29.9 Å². The van der Waals surface area contributed by atoms with Crippen LogP contribution in [0, 0.1) is 0 Å². The molecule has 0 atom stereocenters. The standard InChI is InChI=1S/C20H21F3N6S/c1-19(2)7-11-5-13(25-9-16(11)29(19)4)15-10-30-18(27-15)28-17-14(24-3)6-12(8-26-17)20(21,22)23/h5-6,8-10,24H,7H2,1-4H3,(H,26,27,28). The highest BCUT2D eigenvalue weighted by Crippen LogP contribution is 2.39. The summed E-state index contributed by atoms with van der Waals surface area (Å²) < 4.78 is 38.7. The summed E-state index contributed by atoms with van der Waals surface area (Å²) in [6.45, 7) is 4.38. The van der Waals surface area contributed by atoms with Gasteiger partial charge in [0, 0.05) is 31.2 Å². The predicted molar refractivity (Wildman–Crippen MR) is 114 cm³/mol. The van der Waals surface area contributed by atoms with Crippen LogP contribution in [-0.4, -0.2) is 34.6 Å². The smallest absolute Gasteiger partial charge is 0.385 e. The van der Waals surface area contributed by atoms with E-state index < -0.39 is 11.7 Å². The van der Waals surface area contributed by atoms with Gasteiger partial charge in [0.15, 0.2) is 10.9 Å². The van der Waals surface area contributed by atoms with Crippen LogP contribution in [0.3, 0.4) is 0 Å². The summed E-state index contributed by atoms with van der Waals surface area (Å²) in [5, 5.41) is 8.12. The van der Waals surface area contributed by atoms with Gasteiger partial charge in [0.2, 0.25) is 0 Å². The number of thiazole rings is 1. The van der Waals surface area contributed by atoms with Gasteiger partial charge >= 0.3 is 6.18 Å². The fourth-order valence-corrected chi connectivity index (χ4v) is 4.15. The largest absolute Gasteiger partial charge is 0.417 e. The monoisotopic (exact) mass is 434 g/mol. The van der Waals surface area contributed by atoms with E-state index in [0.29, 0.717) is 10.8 Å². The summed E-state index contributed by atoms with van der Waals surface area (Å²) in [4.78, 5) is 15.2. The summed E-state index contributed by atoms with van der Waals surface area (Å²) in [5.74, 6) is 0.275. The number of nitrogens with one attached hydrogen (secondary N) is 2. The molecule has 2 N–H and O–H groups in total. The van der Waals surface area contributed by atoms with Gasteiger partial charge < -0.3 is 15.5 Å². The molecule has 0 radical (unpaired) electrons. The molecule has 0 amide bonds. The number of rotatable bonds is 4. The number of halogens is 3. The fraction of sp³-hybridized carbons (Fsp3) is 0.350. The van der Waals surface area contributed by atoms with Crippen molar-refractivity contribution >= 4 is 33.7 Å². The second kappa shape index (κ2) is 7.12. The first kappa shape index (κ1) is 20.4. The average molecular weight is 434 g/mol. The summed E-state index contributed by atoms with van der Waals surface area (Å²) in [5.41, 5.74) is 3.26. The minimum absolute atomic E-state index is 0.0369. The van der Waals surface area contributed by atoms with E-state index in [4.69, 9.17) is 0 Å². The molecule has 0 fully saturated rings. The Kier molecular flexibility index (Phi) is 4.84. The highest BCUT2D eigenvalue weighted by Gasteiger charge is 2.34. The summed E-state index contributed by atoms with van der Waals surface area (Å²) >= 11 is 1.34. The van der Waals surface area contributed by atoms with Crippen LogP contribution in [0.25, 0.3) is 11.4 Å². The van der Waals surface area contributed by atoms with Crippen LogP contribution < -0.4 is 15.5 Å². The Balaban J connectivity index is 1.58. The molecule has 30 heavy (non-hydrogen) atoms. The molecule has 10 heteroatoms. The molecule has 3 aromatic heterocycles. The van der Waals surface area contributed by atoms with Gasteiger partial charge in [-0.2, -0.15) is 13.2 Å². The SMILES string of the molecule is CNc1cc(C(F)(F)F)cnc1Nc1nc(-c2cc3c(cn2)N(C)C(C)(C)C3)cs1. The third-order valence-corrected chi connectivity index (χ3v) is 6.09. The molecule has 0 aliphatic carbocycles. The van der Waals surface area contributed by atoms with Crippen molar-refractivity contribution in [3.05, 3.63) is 41.0 Å². The van der Waals surface area contributed by atoms with Crippen LogP contribution in [0.2, 0.25) is 0 Å². The van der Waals surface area contributed by atoms with E-state index in [9.17, 15) is 13.2 Å². The van der Waals surface area contributed by atoms with Crippen molar-refractivity contribution in [2.45, 2.75) is 32.0 Å². The number of anilines is 4. The van der Waals surface area contributed by atoms with Crippen LogP contribution in [-0.2, 0) is 12.6 Å². The lowest BCUT2D eigenvalue weighted by molar-refractivity contribution is -0.137. The number of likely N-dealkylation sites (N-methyl/N-ethyl adjacent to an activating group) is 1. The Morgan fingerprint density at radius 1 is 1.13 bits per heavy atom. The van der Waals surface area contributed by atoms with Crippen LogP contribution in [0.1, 0.15) is 25.0 Å². The van der Waals surface area contributed by atoms with E-state index in [1.807, 2.05) is 11.6 Å². The van der Waals surface area contributed by atoms with Crippen molar-refractivity contribution in [2.24, 2.45) is 0 Å². The number of fused-ring (bicyclic) bond motifs is 1. The molecule has 6 nitrogen and oxygen atoms in total. The van der Waals surface area contributed by atoms with Gasteiger partial charge in [-0.1, -0.05) is 0 Å². The highest BCUT2D eigenvalue weighted by atomic mass is 32.1. The number of nitrogens with zero attached hydrogens (tertiary/aromatic N) is 4. The minimum atomic E-state index is -4.45. The third kappa shape index (κ3) is 3.67. The Labute approximate surface area is 176 Å². The lowest BCUT2D eigenvalue weighted by atomic mass is 9.99. The highest BCUT2D eigenvalue weighted by molar-refractivity contribution is 7.14. The van der Waals surface area contributed by atoms with Gasteiger partial charge in [-0.25, -0.2) is 9.97 Å². The Bertz CT molecular complexity index is 1090. The van der Waals surface area contributed by atoms with Crippen LogP contribution in [0.4, 0.5) is 35.5 Å². The first-order valence-electron chi connectivity index (χ1n) is 9.29. The quantitative estimate of drug-likeness (QED) is 0.590. The van der Waals surface area contributed by atoms with Crippen molar-refractivity contribution in [1.29, 1.82) is 0 Å². The lowest BCUT2D eigenvalue weighted by Gasteiger charge is -2.29.